The van der Waals surface area contributed by atoms with Gasteiger partial charge in [0.15, 0.2) is 0 Å². The Balaban J connectivity index is 1.74. The van der Waals surface area contributed by atoms with Gasteiger partial charge in [0.05, 0.1) is 0 Å². The van der Waals surface area contributed by atoms with Crippen LogP contribution < -0.4 is 5.73 Å². The Kier molecular flexibility index (Phi) is 2.74. The molecule has 0 radical (unpaired) electrons. The molecule has 1 aliphatic heterocycles. The van der Waals surface area contributed by atoms with Crippen molar-refractivity contribution in [1.29, 1.82) is 0 Å². The minimum Gasteiger partial charge on any atom is -0.369 e. The third-order valence-electron chi connectivity index (χ3n) is 3.57. The molecule has 2 aliphatic rings. The summed E-state index contributed by atoms with van der Waals surface area (Å²) in [6.07, 6.45) is 1.97. The fraction of sp³-hybridized carbons (Fsp3) is 0.900. The second kappa shape index (κ2) is 3.87. The molecule has 0 atom stereocenters. The van der Waals surface area contributed by atoms with E-state index < -0.39 is 0 Å². The highest BCUT2D eigenvalue weighted by molar-refractivity contribution is 5.77. The molecule has 0 aromatic heterocycles. The van der Waals surface area contributed by atoms with Crippen molar-refractivity contribution >= 4 is 5.91 Å². The summed E-state index contributed by atoms with van der Waals surface area (Å²) in [7, 11) is 2.16. The summed E-state index contributed by atoms with van der Waals surface area (Å²) >= 11 is 0. The first-order valence-electron chi connectivity index (χ1n) is 5.38. The van der Waals surface area contributed by atoms with Crippen molar-refractivity contribution in [3.05, 3.63) is 0 Å². The molecular formula is C10H19N3O. The number of rotatable bonds is 2. The molecule has 80 valence electrons. The zero-order chi connectivity index (χ0) is 10.1. The summed E-state index contributed by atoms with van der Waals surface area (Å²) in [5.41, 5.74) is 5.25. The van der Waals surface area contributed by atoms with Gasteiger partial charge in [-0.05, 0) is 19.9 Å². The van der Waals surface area contributed by atoms with Gasteiger partial charge in [-0.2, -0.15) is 0 Å². The Morgan fingerprint density at radius 2 is 1.79 bits per heavy atom. The topological polar surface area (TPSA) is 49.6 Å². The summed E-state index contributed by atoms with van der Waals surface area (Å²) in [6, 6.07) is 0.626. The number of piperazine rings is 1. The fourth-order valence-corrected chi connectivity index (χ4v) is 2.31. The van der Waals surface area contributed by atoms with Crippen molar-refractivity contribution in [1.82, 2.24) is 9.80 Å². The average molecular weight is 197 g/mol. The van der Waals surface area contributed by atoms with E-state index in [9.17, 15) is 4.79 Å². The van der Waals surface area contributed by atoms with E-state index in [-0.39, 0.29) is 11.8 Å². The lowest BCUT2D eigenvalue weighted by Gasteiger charge is -2.44. The third-order valence-corrected chi connectivity index (χ3v) is 3.57. The fourth-order valence-electron chi connectivity index (χ4n) is 2.31. The van der Waals surface area contributed by atoms with Crippen LogP contribution in [-0.4, -0.2) is 55.0 Å². The summed E-state index contributed by atoms with van der Waals surface area (Å²) in [5, 5.41) is 0. The lowest BCUT2D eigenvalue weighted by Crippen LogP contribution is -2.54. The summed E-state index contributed by atoms with van der Waals surface area (Å²) in [4.78, 5) is 15.7. The van der Waals surface area contributed by atoms with E-state index in [0.717, 1.165) is 39.0 Å². The Morgan fingerprint density at radius 1 is 1.21 bits per heavy atom. The van der Waals surface area contributed by atoms with Crippen LogP contribution in [0.25, 0.3) is 0 Å². The number of nitrogens with two attached hydrogens (primary N) is 1. The Hall–Kier alpha value is -0.610. The number of carbonyl (C=O) groups excluding carboxylic acids is 1. The van der Waals surface area contributed by atoms with Crippen LogP contribution in [0.5, 0.6) is 0 Å². The minimum atomic E-state index is -0.115. The molecular weight excluding hydrogens is 178 g/mol. The summed E-state index contributed by atoms with van der Waals surface area (Å²) < 4.78 is 0. The first-order chi connectivity index (χ1) is 6.66. The van der Waals surface area contributed by atoms with Gasteiger partial charge in [-0.25, -0.2) is 0 Å². The molecule has 0 aromatic carbocycles. The predicted octanol–water partition coefficient (Wildman–Crippen LogP) is -0.502. The molecule has 0 spiro atoms. The maximum absolute atomic E-state index is 10.9. The van der Waals surface area contributed by atoms with Gasteiger partial charge in [-0.3, -0.25) is 9.69 Å². The van der Waals surface area contributed by atoms with Gasteiger partial charge < -0.3 is 10.6 Å². The molecule has 0 unspecified atom stereocenters. The molecule has 1 amide bonds. The smallest absolute Gasteiger partial charge is 0.220 e. The molecule has 2 N–H and O–H groups in total. The maximum atomic E-state index is 10.9. The second-order valence-corrected chi connectivity index (χ2v) is 4.56. The van der Waals surface area contributed by atoms with E-state index in [0.29, 0.717) is 6.04 Å². The average Bonchev–Trinajstić information content (AvgIpc) is 2.05. The molecule has 2 rings (SSSR count). The van der Waals surface area contributed by atoms with E-state index in [4.69, 9.17) is 5.73 Å². The van der Waals surface area contributed by atoms with Crippen molar-refractivity contribution in [2.24, 2.45) is 11.7 Å². The largest absolute Gasteiger partial charge is 0.369 e. The zero-order valence-corrected chi connectivity index (χ0v) is 8.78. The van der Waals surface area contributed by atoms with E-state index >= 15 is 0 Å². The molecule has 4 heteroatoms. The monoisotopic (exact) mass is 197 g/mol. The lowest BCUT2D eigenvalue weighted by molar-refractivity contribution is -0.126. The van der Waals surface area contributed by atoms with E-state index in [1.165, 1.54) is 0 Å². The highest BCUT2D eigenvalue weighted by atomic mass is 16.1. The van der Waals surface area contributed by atoms with Crippen molar-refractivity contribution in [3.8, 4) is 0 Å². The van der Waals surface area contributed by atoms with Crippen LogP contribution in [0.2, 0.25) is 0 Å². The molecule has 2 fully saturated rings. The van der Waals surface area contributed by atoms with Gasteiger partial charge in [-0.15, -0.1) is 0 Å². The van der Waals surface area contributed by atoms with E-state index in [1.807, 2.05) is 0 Å². The quantitative estimate of drug-likeness (QED) is 0.649. The number of primary amides is 1. The SMILES string of the molecule is CN1CCN(C2CC(C(N)=O)C2)CC1. The van der Waals surface area contributed by atoms with Gasteiger partial charge in [0, 0.05) is 38.1 Å². The van der Waals surface area contributed by atoms with Crippen LogP contribution in [-0.2, 0) is 4.79 Å². The normalized spacial score (nSPS) is 35.2. The van der Waals surface area contributed by atoms with Crippen molar-refractivity contribution in [3.63, 3.8) is 0 Å². The first kappa shape index (κ1) is 9.93. The van der Waals surface area contributed by atoms with Crippen LogP contribution in [0.4, 0.5) is 0 Å². The molecule has 4 nitrogen and oxygen atoms in total. The number of hydrogen-bond donors (Lipinski definition) is 1. The van der Waals surface area contributed by atoms with Gasteiger partial charge in [-0.1, -0.05) is 0 Å². The summed E-state index contributed by atoms with van der Waals surface area (Å²) in [5.74, 6) is 0.0371. The molecule has 1 heterocycles. The van der Waals surface area contributed by atoms with E-state index in [1.54, 1.807) is 0 Å². The number of likely N-dealkylation sites (N-methyl/N-ethyl adjacent to an activating group) is 1. The Bertz CT molecular complexity index is 217. The minimum absolute atomic E-state index is 0.115. The van der Waals surface area contributed by atoms with Crippen LogP contribution >= 0.6 is 0 Å². The van der Waals surface area contributed by atoms with Crippen molar-refractivity contribution in [2.45, 2.75) is 18.9 Å². The number of amides is 1. The first-order valence-corrected chi connectivity index (χ1v) is 5.38. The highest BCUT2D eigenvalue weighted by Crippen LogP contribution is 2.31. The molecule has 1 aliphatic carbocycles. The van der Waals surface area contributed by atoms with Gasteiger partial charge in [0.1, 0.15) is 0 Å². The molecule has 1 saturated carbocycles. The Morgan fingerprint density at radius 3 is 2.29 bits per heavy atom. The zero-order valence-electron chi connectivity index (χ0n) is 8.78. The standard InChI is InChI=1S/C10H19N3O/c1-12-2-4-13(5-3-12)9-6-8(7-9)10(11)14/h8-9H,2-7H2,1H3,(H2,11,14). The number of carbonyl (C=O) groups is 1. The molecule has 14 heavy (non-hydrogen) atoms. The van der Waals surface area contributed by atoms with Crippen LogP contribution in [0.3, 0.4) is 0 Å². The number of hydrogen-bond acceptors (Lipinski definition) is 3. The number of nitrogens with zero attached hydrogens (tertiary/aromatic N) is 2. The maximum Gasteiger partial charge on any atom is 0.220 e. The van der Waals surface area contributed by atoms with Crippen molar-refractivity contribution < 1.29 is 4.79 Å². The van der Waals surface area contributed by atoms with Crippen LogP contribution in [0.15, 0.2) is 0 Å². The predicted molar refractivity (Wildman–Crippen MR) is 54.8 cm³/mol. The Labute approximate surface area is 85.0 Å². The van der Waals surface area contributed by atoms with Gasteiger partial charge in [0.2, 0.25) is 5.91 Å². The van der Waals surface area contributed by atoms with Crippen LogP contribution in [0.1, 0.15) is 12.8 Å². The third kappa shape index (κ3) is 1.91. The molecule has 1 saturated heterocycles. The highest BCUT2D eigenvalue weighted by Gasteiger charge is 2.37. The molecule has 0 bridgehead atoms. The second-order valence-electron chi connectivity index (χ2n) is 4.56. The molecule has 0 aromatic rings. The van der Waals surface area contributed by atoms with Gasteiger partial charge in [0.25, 0.3) is 0 Å². The van der Waals surface area contributed by atoms with Crippen molar-refractivity contribution in [2.75, 3.05) is 33.2 Å². The summed E-state index contributed by atoms with van der Waals surface area (Å²) in [6.45, 7) is 4.59. The van der Waals surface area contributed by atoms with Gasteiger partial charge >= 0.3 is 0 Å². The van der Waals surface area contributed by atoms with Crippen LogP contribution in [0, 0.1) is 5.92 Å². The van der Waals surface area contributed by atoms with E-state index in [2.05, 4.69) is 16.8 Å². The lowest BCUT2D eigenvalue weighted by atomic mass is 9.78.